The van der Waals surface area contributed by atoms with E-state index in [9.17, 15) is 5.11 Å². The Labute approximate surface area is 94.4 Å². The quantitative estimate of drug-likeness (QED) is 0.816. The minimum atomic E-state index is -0.151. The summed E-state index contributed by atoms with van der Waals surface area (Å²) in [5.74, 6) is 1.12. The van der Waals surface area contributed by atoms with Crippen LogP contribution >= 0.6 is 0 Å². The second kappa shape index (κ2) is 4.37. The van der Waals surface area contributed by atoms with Gasteiger partial charge in [0.25, 0.3) is 0 Å². The zero-order chi connectivity index (χ0) is 11.5. The molecule has 3 N–H and O–H groups in total. The Kier molecular flexibility index (Phi) is 2.92. The molecule has 84 valence electrons. The summed E-state index contributed by atoms with van der Waals surface area (Å²) < 4.78 is 1.91. The van der Waals surface area contributed by atoms with Crippen LogP contribution in [0.2, 0.25) is 0 Å². The number of hydrogen-bond acceptors (Lipinski definition) is 3. The van der Waals surface area contributed by atoms with E-state index in [0.29, 0.717) is 6.42 Å². The molecule has 2 aromatic rings. The highest BCUT2D eigenvalue weighted by Gasteiger charge is 2.11. The number of phenols is 1. The highest BCUT2D eigenvalue weighted by molar-refractivity contribution is 5.28. The molecule has 0 saturated heterocycles. The summed E-state index contributed by atoms with van der Waals surface area (Å²) in [6.07, 6.45) is 4.27. The summed E-state index contributed by atoms with van der Waals surface area (Å²) in [4.78, 5) is 4.21. The zero-order valence-corrected chi connectivity index (χ0v) is 9.17. The first-order valence-corrected chi connectivity index (χ1v) is 5.17. The Morgan fingerprint density at radius 3 is 2.94 bits per heavy atom. The lowest BCUT2D eigenvalue weighted by Gasteiger charge is -2.11. The fourth-order valence-corrected chi connectivity index (χ4v) is 1.76. The summed E-state index contributed by atoms with van der Waals surface area (Å²) >= 11 is 0. The van der Waals surface area contributed by atoms with Crippen LogP contribution in [0.5, 0.6) is 5.75 Å². The number of imidazole rings is 1. The van der Waals surface area contributed by atoms with Gasteiger partial charge in [-0.25, -0.2) is 4.98 Å². The molecule has 0 aliphatic heterocycles. The number of rotatable bonds is 3. The van der Waals surface area contributed by atoms with Crippen LogP contribution in [0.4, 0.5) is 0 Å². The van der Waals surface area contributed by atoms with Gasteiger partial charge in [0.15, 0.2) is 0 Å². The van der Waals surface area contributed by atoms with Crippen LogP contribution < -0.4 is 5.73 Å². The second-order valence-electron chi connectivity index (χ2n) is 3.88. The molecule has 0 aliphatic carbocycles. The molecule has 2 rings (SSSR count). The van der Waals surface area contributed by atoms with E-state index in [2.05, 4.69) is 4.98 Å². The highest BCUT2D eigenvalue weighted by atomic mass is 16.3. The van der Waals surface area contributed by atoms with E-state index >= 15 is 0 Å². The topological polar surface area (TPSA) is 64.1 Å². The maximum atomic E-state index is 9.35. The first-order chi connectivity index (χ1) is 7.66. The normalized spacial score (nSPS) is 12.6. The predicted octanol–water partition coefficient (Wildman–Crippen LogP) is 1.37. The third-order valence-electron chi connectivity index (χ3n) is 2.56. The molecule has 0 aliphatic rings. The van der Waals surface area contributed by atoms with Gasteiger partial charge in [0.2, 0.25) is 0 Å². The van der Waals surface area contributed by atoms with Crippen molar-refractivity contribution in [2.24, 2.45) is 12.8 Å². The fraction of sp³-hybridized carbons (Fsp3) is 0.250. The van der Waals surface area contributed by atoms with Gasteiger partial charge in [0, 0.05) is 19.4 Å². The number of nitrogens with two attached hydrogens (primary N) is 1. The van der Waals surface area contributed by atoms with Gasteiger partial charge < -0.3 is 15.4 Å². The van der Waals surface area contributed by atoms with E-state index < -0.39 is 0 Å². The van der Waals surface area contributed by atoms with Crippen molar-refractivity contribution in [3.05, 3.63) is 48.0 Å². The molecule has 1 aromatic heterocycles. The summed E-state index contributed by atoms with van der Waals surface area (Å²) in [6, 6.07) is 6.98. The van der Waals surface area contributed by atoms with Crippen molar-refractivity contribution >= 4 is 0 Å². The standard InChI is InChI=1S/C12H15N3O/c1-15-6-5-14-12(15)11(13)8-9-3-2-4-10(16)7-9/h2-7,11,16H,8,13H2,1H3. The van der Waals surface area contributed by atoms with Gasteiger partial charge >= 0.3 is 0 Å². The maximum Gasteiger partial charge on any atom is 0.125 e. The van der Waals surface area contributed by atoms with Crippen LogP contribution in [0.25, 0.3) is 0 Å². The van der Waals surface area contributed by atoms with Crippen LogP contribution in [0.15, 0.2) is 36.7 Å². The smallest absolute Gasteiger partial charge is 0.125 e. The first kappa shape index (κ1) is 10.7. The zero-order valence-electron chi connectivity index (χ0n) is 9.17. The number of phenolic OH excluding ortho intramolecular Hbond substituents is 1. The SMILES string of the molecule is Cn1ccnc1C(N)Cc1cccc(O)c1. The maximum absolute atomic E-state index is 9.35. The number of aromatic nitrogens is 2. The predicted molar refractivity (Wildman–Crippen MR) is 61.9 cm³/mol. The van der Waals surface area contributed by atoms with Gasteiger partial charge in [-0.3, -0.25) is 0 Å². The van der Waals surface area contributed by atoms with Gasteiger partial charge in [-0.1, -0.05) is 12.1 Å². The summed E-state index contributed by atoms with van der Waals surface area (Å²) in [7, 11) is 1.92. The first-order valence-electron chi connectivity index (χ1n) is 5.17. The molecule has 0 fully saturated rings. The van der Waals surface area contributed by atoms with E-state index in [-0.39, 0.29) is 11.8 Å². The highest BCUT2D eigenvalue weighted by Crippen LogP contribution is 2.17. The van der Waals surface area contributed by atoms with E-state index in [1.165, 1.54) is 0 Å². The molecule has 0 bridgehead atoms. The average molecular weight is 217 g/mol. The lowest BCUT2D eigenvalue weighted by atomic mass is 10.1. The summed E-state index contributed by atoms with van der Waals surface area (Å²) in [6.45, 7) is 0. The van der Waals surface area contributed by atoms with Gasteiger partial charge in [0.1, 0.15) is 11.6 Å². The molecule has 4 heteroatoms. The molecule has 1 heterocycles. The molecule has 1 aromatic carbocycles. The number of aryl methyl sites for hydroxylation is 1. The number of aromatic hydroxyl groups is 1. The molecule has 16 heavy (non-hydrogen) atoms. The van der Waals surface area contributed by atoms with Crippen LogP contribution in [-0.4, -0.2) is 14.7 Å². The van der Waals surface area contributed by atoms with Crippen LogP contribution in [0.1, 0.15) is 17.4 Å². The van der Waals surface area contributed by atoms with Crippen LogP contribution in [-0.2, 0) is 13.5 Å². The van der Waals surface area contributed by atoms with Crippen molar-refractivity contribution in [2.45, 2.75) is 12.5 Å². The van der Waals surface area contributed by atoms with E-state index in [1.54, 1.807) is 18.3 Å². The lowest BCUT2D eigenvalue weighted by Crippen LogP contribution is -2.17. The number of benzene rings is 1. The Balaban J connectivity index is 2.14. The van der Waals surface area contributed by atoms with Gasteiger partial charge in [-0.15, -0.1) is 0 Å². The van der Waals surface area contributed by atoms with Gasteiger partial charge in [-0.2, -0.15) is 0 Å². The minimum absolute atomic E-state index is 0.151. The van der Waals surface area contributed by atoms with Crippen molar-refractivity contribution < 1.29 is 5.11 Å². The monoisotopic (exact) mass is 217 g/mol. The van der Waals surface area contributed by atoms with Crippen LogP contribution in [0.3, 0.4) is 0 Å². The van der Waals surface area contributed by atoms with Crippen LogP contribution in [0, 0.1) is 0 Å². The van der Waals surface area contributed by atoms with Gasteiger partial charge in [-0.05, 0) is 24.1 Å². The number of nitrogens with zero attached hydrogens (tertiary/aromatic N) is 2. The van der Waals surface area contributed by atoms with Gasteiger partial charge in [0.05, 0.1) is 6.04 Å². The molecular weight excluding hydrogens is 202 g/mol. The molecule has 0 radical (unpaired) electrons. The largest absolute Gasteiger partial charge is 0.508 e. The van der Waals surface area contributed by atoms with E-state index in [0.717, 1.165) is 11.4 Å². The van der Waals surface area contributed by atoms with Crippen molar-refractivity contribution in [3.63, 3.8) is 0 Å². The molecule has 4 nitrogen and oxygen atoms in total. The molecule has 1 unspecified atom stereocenters. The Morgan fingerprint density at radius 1 is 1.50 bits per heavy atom. The third kappa shape index (κ3) is 2.23. The number of hydrogen-bond donors (Lipinski definition) is 2. The van der Waals surface area contributed by atoms with Crippen molar-refractivity contribution in [1.82, 2.24) is 9.55 Å². The second-order valence-corrected chi connectivity index (χ2v) is 3.88. The molecule has 0 amide bonds. The Morgan fingerprint density at radius 2 is 2.31 bits per heavy atom. The Bertz CT molecular complexity index is 479. The third-order valence-corrected chi connectivity index (χ3v) is 2.56. The average Bonchev–Trinajstić information content (AvgIpc) is 2.64. The molecule has 0 saturated carbocycles. The van der Waals surface area contributed by atoms with Crippen molar-refractivity contribution in [3.8, 4) is 5.75 Å². The Hall–Kier alpha value is -1.81. The summed E-state index contributed by atoms with van der Waals surface area (Å²) in [5, 5.41) is 9.35. The minimum Gasteiger partial charge on any atom is -0.508 e. The molecular formula is C12H15N3O. The van der Waals surface area contributed by atoms with Crippen molar-refractivity contribution in [2.75, 3.05) is 0 Å². The summed E-state index contributed by atoms with van der Waals surface area (Å²) in [5.41, 5.74) is 7.07. The lowest BCUT2D eigenvalue weighted by molar-refractivity contribution is 0.474. The molecule has 0 spiro atoms. The van der Waals surface area contributed by atoms with Crippen molar-refractivity contribution in [1.29, 1.82) is 0 Å². The fourth-order valence-electron chi connectivity index (χ4n) is 1.76. The van der Waals surface area contributed by atoms with E-state index in [1.807, 2.05) is 29.9 Å². The van der Waals surface area contributed by atoms with E-state index in [4.69, 9.17) is 5.73 Å². The molecule has 1 atom stereocenters.